The minimum Gasteiger partial charge on any atom is -0.398 e. The van der Waals surface area contributed by atoms with Crippen molar-refractivity contribution in [3.8, 4) is 6.07 Å². The maximum atomic E-state index is 11.3. The number of rotatable bonds is 4. The van der Waals surface area contributed by atoms with Crippen LogP contribution in [0.3, 0.4) is 0 Å². The molecule has 23 heavy (non-hydrogen) atoms. The van der Waals surface area contributed by atoms with E-state index in [1.54, 1.807) is 36.4 Å². The number of ketones is 1. The Balaban J connectivity index is 2.32. The number of benzene rings is 2. The number of nitro benzene ring substituents is 1. The number of Topliss-reactive ketones (excluding diaryl/α,β-unsaturated/α-hetero) is 1. The highest BCUT2D eigenvalue weighted by molar-refractivity contribution is 5.95. The normalized spacial score (nSPS) is 10.4. The second-order valence-electron chi connectivity index (χ2n) is 4.88. The van der Waals surface area contributed by atoms with Crippen LogP contribution in [0.15, 0.2) is 36.4 Å². The fourth-order valence-electron chi connectivity index (χ4n) is 2.04. The topological polar surface area (TPSA) is 110 Å². The first-order valence-electron chi connectivity index (χ1n) is 6.69. The smallest absolute Gasteiger partial charge is 0.287 e. The van der Waals surface area contributed by atoms with E-state index in [2.05, 4.69) is 0 Å². The number of nitrogens with zero attached hydrogens (tertiary/aromatic N) is 2. The van der Waals surface area contributed by atoms with Gasteiger partial charge in [-0.25, -0.2) is 0 Å². The molecule has 6 nitrogen and oxygen atoms in total. The minimum atomic E-state index is -0.593. The van der Waals surface area contributed by atoms with E-state index in [0.29, 0.717) is 22.4 Å². The van der Waals surface area contributed by atoms with Crippen LogP contribution in [-0.2, 0) is 0 Å². The number of carbonyl (C=O) groups excluding carboxylic acids is 1. The van der Waals surface area contributed by atoms with Gasteiger partial charge in [0.15, 0.2) is 5.78 Å². The first-order chi connectivity index (χ1) is 10.9. The standard InChI is InChI=1S/C17H13N3O3/c1-11(21)14-6-5-13(16(19)9-14)4-2-12-3-7-17(20(22)23)15(8-12)10-18/h2-9H,19H2,1H3. The van der Waals surface area contributed by atoms with Gasteiger partial charge >= 0.3 is 0 Å². The molecule has 0 fully saturated rings. The van der Waals surface area contributed by atoms with Gasteiger partial charge in [-0.3, -0.25) is 14.9 Å². The molecule has 0 heterocycles. The number of carbonyl (C=O) groups is 1. The van der Waals surface area contributed by atoms with Crippen LogP contribution in [-0.4, -0.2) is 10.7 Å². The number of hydrogen-bond acceptors (Lipinski definition) is 5. The number of anilines is 1. The van der Waals surface area contributed by atoms with E-state index < -0.39 is 4.92 Å². The van der Waals surface area contributed by atoms with E-state index in [4.69, 9.17) is 11.0 Å². The fourth-order valence-corrected chi connectivity index (χ4v) is 2.04. The number of nitriles is 1. The number of nitrogen functional groups attached to an aromatic ring is 1. The van der Waals surface area contributed by atoms with Crippen molar-refractivity contribution in [3.63, 3.8) is 0 Å². The quantitative estimate of drug-likeness (QED) is 0.306. The van der Waals surface area contributed by atoms with Crippen LogP contribution in [0.2, 0.25) is 0 Å². The van der Waals surface area contributed by atoms with Gasteiger partial charge in [0.25, 0.3) is 5.69 Å². The van der Waals surface area contributed by atoms with Crippen LogP contribution in [0.4, 0.5) is 11.4 Å². The molecule has 0 amide bonds. The maximum absolute atomic E-state index is 11.3. The molecule has 0 aliphatic heterocycles. The highest BCUT2D eigenvalue weighted by atomic mass is 16.6. The van der Waals surface area contributed by atoms with Crippen LogP contribution in [0, 0.1) is 21.4 Å². The van der Waals surface area contributed by atoms with Crippen molar-refractivity contribution in [2.75, 3.05) is 5.73 Å². The lowest BCUT2D eigenvalue weighted by Crippen LogP contribution is -1.96. The van der Waals surface area contributed by atoms with E-state index in [9.17, 15) is 14.9 Å². The van der Waals surface area contributed by atoms with Gasteiger partial charge in [0, 0.05) is 17.3 Å². The van der Waals surface area contributed by atoms with Crippen LogP contribution in [0.25, 0.3) is 12.2 Å². The van der Waals surface area contributed by atoms with Gasteiger partial charge < -0.3 is 5.73 Å². The van der Waals surface area contributed by atoms with Crippen molar-refractivity contribution < 1.29 is 9.72 Å². The molecular formula is C17H13N3O3. The molecule has 0 atom stereocenters. The van der Waals surface area contributed by atoms with Gasteiger partial charge in [0.05, 0.1) is 4.92 Å². The zero-order chi connectivity index (χ0) is 17.0. The Morgan fingerprint density at radius 1 is 1.26 bits per heavy atom. The largest absolute Gasteiger partial charge is 0.398 e. The summed E-state index contributed by atoms with van der Waals surface area (Å²) in [5.41, 5.74) is 8.01. The summed E-state index contributed by atoms with van der Waals surface area (Å²) in [5.74, 6) is -0.0683. The van der Waals surface area contributed by atoms with Gasteiger partial charge in [0.1, 0.15) is 11.6 Å². The summed E-state index contributed by atoms with van der Waals surface area (Å²) in [6.45, 7) is 1.46. The predicted octanol–water partition coefficient (Wildman–Crippen LogP) is 3.42. The van der Waals surface area contributed by atoms with Crippen LogP contribution in [0.1, 0.15) is 34.0 Å². The van der Waals surface area contributed by atoms with Crippen molar-refractivity contribution in [1.29, 1.82) is 5.26 Å². The predicted molar refractivity (Wildman–Crippen MR) is 87.6 cm³/mol. The summed E-state index contributed by atoms with van der Waals surface area (Å²) in [4.78, 5) is 21.5. The summed E-state index contributed by atoms with van der Waals surface area (Å²) in [6.07, 6.45) is 3.42. The van der Waals surface area contributed by atoms with Crippen LogP contribution < -0.4 is 5.73 Å². The van der Waals surface area contributed by atoms with Gasteiger partial charge in [-0.1, -0.05) is 24.3 Å². The molecule has 2 N–H and O–H groups in total. The van der Waals surface area contributed by atoms with E-state index in [1.807, 2.05) is 6.07 Å². The molecule has 114 valence electrons. The summed E-state index contributed by atoms with van der Waals surface area (Å²) in [5, 5.41) is 19.8. The fraction of sp³-hybridized carbons (Fsp3) is 0.0588. The molecule has 2 rings (SSSR count). The van der Waals surface area contributed by atoms with Gasteiger partial charge in [0.2, 0.25) is 0 Å². The minimum absolute atomic E-state index is 0.00273. The first-order valence-corrected chi connectivity index (χ1v) is 6.69. The molecule has 2 aromatic carbocycles. The van der Waals surface area contributed by atoms with Crippen molar-refractivity contribution in [3.05, 3.63) is 68.8 Å². The Labute approximate surface area is 132 Å². The molecule has 0 spiro atoms. The van der Waals surface area contributed by atoms with E-state index in [1.165, 1.54) is 19.1 Å². The lowest BCUT2D eigenvalue weighted by molar-refractivity contribution is -0.385. The van der Waals surface area contributed by atoms with Crippen molar-refractivity contribution in [2.24, 2.45) is 0 Å². The molecule has 0 aromatic heterocycles. The molecule has 2 aromatic rings. The molecule has 0 unspecified atom stereocenters. The number of hydrogen-bond donors (Lipinski definition) is 1. The number of nitrogens with two attached hydrogens (primary N) is 1. The second-order valence-corrected chi connectivity index (χ2v) is 4.88. The Hall–Kier alpha value is -3.46. The molecule has 0 bridgehead atoms. The van der Waals surface area contributed by atoms with E-state index in [0.717, 1.165) is 0 Å². The van der Waals surface area contributed by atoms with Crippen LogP contribution in [0.5, 0.6) is 0 Å². The lowest BCUT2D eigenvalue weighted by atomic mass is 10.0. The zero-order valence-electron chi connectivity index (χ0n) is 12.3. The van der Waals surface area contributed by atoms with E-state index >= 15 is 0 Å². The Morgan fingerprint density at radius 3 is 2.57 bits per heavy atom. The number of nitro groups is 1. The average Bonchev–Trinajstić information content (AvgIpc) is 2.53. The monoisotopic (exact) mass is 307 g/mol. The molecule has 0 aliphatic carbocycles. The molecule has 0 saturated carbocycles. The summed E-state index contributed by atoms with van der Waals surface area (Å²) < 4.78 is 0. The van der Waals surface area contributed by atoms with Crippen molar-refractivity contribution in [2.45, 2.75) is 6.92 Å². The second kappa shape index (κ2) is 6.54. The average molecular weight is 307 g/mol. The van der Waals surface area contributed by atoms with Gasteiger partial charge in [-0.2, -0.15) is 5.26 Å². The maximum Gasteiger partial charge on any atom is 0.287 e. The Morgan fingerprint density at radius 2 is 2.00 bits per heavy atom. The highest BCUT2D eigenvalue weighted by Crippen LogP contribution is 2.22. The van der Waals surface area contributed by atoms with Crippen LogP contribution >= 0.6 is 0 Å². The van der Waals surface area contributed by atoms with Crippen molar-refractivity contribution >= 4 is 29.3 Å². The first kappa shape index (κ1) is 15.9. The summed E-state index contributed by atoms with van der Waals surface area (Å²) >= 11 is 0. The third-order valence-electron chi connectivity index (χ3n) is 3.29. The molecule has 0 radical (unpaired) electrons. The molecule has 0 aliphatic rings. The third kappa shape index (κ3) is 3.60. The zero-order valence-corrected chi connectivity index (χ0v) is 12.3. The summed E-state index contributed by atoms with van der Waals surface area (Å²) in [6, 6.07) is 11.1. The van der Waals surface area contributed by atoms with Gasteiger partial charge in [-0.15, -0.1) is 0 Å². The van der Waals surface area contributed by atoms with Gasteiger partial charge in [-0.05, 0) is 36.2 Å². The molecule has 0 saturated heterocycles. The molecular weight excluding hydrogens is 294 g/mol. The van der Waals surface area contributed by atoms with E-state index in [-0.39, 0.29) is 17.0 Å². The highest BCUT2D eigenvalue weighted by Gasteiger charge is 2.12. The summed E-state index contributed by atoms with van der Waals surface area (Å²) in [7, 11) is 0. The SMILES string of the molecule is CC(=O)c1ccc(C=Cc2ccc([N+](=O)[O-])c(C#N)c2)c(N)c1. The third-order valence-corrected chi connectivity index (χ3v) is 3.29. The van der Waals surface area contributed by atoms with Crippen molar-refractivity contribution in [1.82, 2.24) is 0 Å². The lowest BCUT2D eigenvalue weighted by Gasteiger charge is -2.03. The molecule has 6 heteroatoms. The Bertz CT molecular complexity index is 864. The Kier molecular flexibility index (Phi) is 4.52.